The predicted octanol–water partition coefficient (Wildman–Crippen LogP) is 3.81. The second-order valence-corrected chi connectivity index (χ2v) is 5.82. The van der Waals surface area contributed by atoms with Crippen molar-refractivity contribution in [3.05, 3.63) is 11.4 Å². The summed E-state index contributed by atoms with van der Waals surface area (Å²) >= 11 is 0. The van der Waals surface area contributed by atoms with Gasteiger partial charge in [-0.1, -0.05) is 27.2 Å². The number of hydrogen-bond acceptors (Lipinski definition) is 2. The van der Waals surface area contributed by atoms with Crippen LogP contribution < -0.4 is 0 Å². The number of aromatic nitrogens is 2. The van der Waals surface area contributed by atoms with Gasteiger partial charge in [-0.05, 0) is 33.6 Å². The van der Waals surface area contributed by atoms with Crippen LogP contribution in [0.5, 0.6) is 5.75 Å². The highest BCUT2D eigenvalue weighted by Gasteiger charge is 2.25. The second-order valence-electron chi connectivity index (χ2n) is 5.82. The van der Waals surface area contributed by atoms with Gasteiger partial charge in [-0.3, -0.25) is 4.68 Å². The lowest BCUT2D eigenvalue weighted by atomic mass is 10.0. The number of nitrogens with zero attached hydrogens (tertiary/aromatic N) is 2. The molecule has 1 aromatic rings. The molecular weight excluding hydrogens is 212 g/mol. The van der Waals surface area contributed by atoms with Crippen LogP contribution in [-0.4, -0.2) is 14.9 Å². The van der Waals surface area contributed by atoms with Gasteiger partial charge < -0.3 is 5.11 Å². The maximum absolute atomic E-state index is 10.3. The van der Waals surface area contributed by atoms with Gasteiger partial charge in [0, 0.05) is 5.92 Å². The molecule has 0 spiro atoms. The fourth-order valence-corrected chi connectivity index (χ4v) is 2.00. The molecule has 1 atom stereocenters. The molecule has 1 N–H and O–H groups in total. The Balaban J connectivity index is 3.29. The SMILES string of the molecule is CCCc1c(O)c(C(C)CC)nn1C(C)(C)C. The average Bonchev–Trinajstić information content (AvgIpc) is 2.56. The summed E-state index contributed by atoms with van der Waals surface area (Å²) in [5.41, 5.74) is 1.76. The third kappa shape index (κ3) is 2.82. The molecule has 3 heteroatoms. The third-order valence-electron chi connectivity index (χ3n) is 3.18. The second kappa shape index (κ2) is 5.11. The molecule has 0 saturated carbocycles. The number of rotatable bonds is 4. The Morgan fingerprint density at radius 1 is 1.29 bits per heavy atom. The topological polar surface area (TPSA) is 38.1 Å². The molecule has 0 aliphatic heterocycles. The predicted molar refractivity (Wildman–Crippen MR) is 71.6 cm³/mol. The van der Waals surface area contributed by atoms with Crippen LogP contribution in [0, 0.1) is 0 Å². The van der Waals surface area contributed by atoms with Gasteiger partial charge in [0.1, 0.15) is 5.69 Å². The van der Waals surface area contributed by atoms with Crippen LogP contribution in [0.4, 0.5) is 0 Å². The van der Waals surface area contributed by atoms with E-state index in [2.05, 4.69) is 46.6 Å². The van der Waals surface area contributed by atoms with E-state index in [1.165, 1.54) is 0 Å². The van der Waals surface area contributed by atoms with Gasteiger partial charge >= 0.3 is 0 Å². The number of aromatic hydroxyl groups is 1. The minimum Gasteiger partial charge on any atom is -0.504 e. The lowest BCUT2D eigenvalue weighted by Crippen LogP contribution is -2.25. The Morgan fingerprint density at radius 3 is 2.29 bits per heavy atom. The van der Waals surface area contributed by atoms with Crippen LogP contribution in [0.15, 0.2) is 0 Å². The molecule has 17 heavy (non-hydrogen) atoms. The van der Waals surface area contributed by atoms with Gasteiger partial charge in [0.2, 0.25) is 0 Å². The maximum Gasteiger partial charge on any atom is 0.160 e. The molecule has 0 radical (unpaired) electrons. The van der Waals surface area contributed by atoms with E-state index in [1.807, 2.05) is 4.68 Å². The molecule has 0 fully saturated rings. The quantitative estimate of drug-likeness (QED) is 0.866. The highest BCUT2D eigenvalue weighted by Crippen LogP contribution is 2.33. The molecule has 3 nitrogen and oxygen atoms in total. The lowest BCUT2D eigenvalue weighted by Gasteiger charge is -2.22. The molecule has 1 heterocycles. The van der Waals surface area contributed by atoms with Crippen molar-refractivity contribution in [2.24, 2.45) is 0 Å². The largest absolute Gasteiger partial charge is 0.504 e. The molecule has 0 aliphatic carbocycles. The van der Waals surface area contributed by atoms with Crippen LogP contribution in [0.25, 0.3) is 0 Å². The Morgan fingerprint density at radius 2 is 1.88 bits per heavy atom. The van der Waals surface area contributed by atoms with Crippen molar-refractivity contribution < 1.29 is 5.11 Å². The zero-order chi connectivity index (χ0) is 13.2. The van der Waals surface area contributed by atoms with Gasteiger partial charge in [-0.25, -0.2) is 0 Å². The van der Waals surface area contributed by atoms with E-state index in [0.717, 1.165) is 30.7 Å². The summed E-state index contributed by atoms with van der Waals surface area (Å²) in [6.45, 7) is 12.7. The molecule has 1 rings (SSSR count). The molecule has 0 aliphatic rings. The Labute approximate surface area is 105 Å². The van der Waals surface area contributed by atoms with Crippen molar-refractivity contribution in [2.75, 3.05) is 0 Å². The van der Waals surface area contributed by atoms with E-state index >= 15 is 0 Å². The zero-order valence-electron chi connectivity index (χ0n) is 12.0. The summed E-state index contributed by atoms with van der Waals surface area (Å²) in [6.07, 6.45) is 2.90. The molecule has 0 bridgehead atoms. The van der Waals surface area contributed by atoms with E-state index in [1.54, 1.807) is 0 Å². The monoisotopic (exact) mass is 238 g/mol. The first-order chi connectivity index (χ1) is 7.82. The van der Waals surface area contributed by atoms with Crippen molar-refractivity contribution in [2.45, 2.75) is 72.3 Å². The Kier molecular flexibility index (Phi) is 4.23. The van der Waals surface area contributed by atoms with Gasteiger partial charge in [-0.2, -0.15) is 5.10 Å². The van der Waals surface area contributed by atoms with E-state index in [0.29, 0.717) is 11.7 Å². The van der Waals surface area contributed by atoms with Crippen LogP contribution in [0.2, 0.25) is 0 Å². The van der Waals surface area contributed by atoms with E-state index in [4.69, 9.17) is 0 Å². The minimum atomic E-state index is -0.0757. The smallest absolute Gasteiger partial charge is 0.160 e. The third-order valence-corrected chi connectivity index (χ3v) is 3.18. The van der Waals surface area contributed by atoms with Crippen LogP contribution >= 0.6 is 0 Å². The highest BCUT2D eigenvalue weighted by atomic mass is 16.3. The summed E-state index contributed by atoms with van der Waals surface area (Å²) < 4.78 is 1.99. The molecule has 1 aromatic heterocycles. The summed E-state index contributed by atoms with van der Waals surface area (Å²) in [5.74, 6) is 0.727. The van der Waals surface area contributed by atoms with E-state index in [9.17, 15) is 5.11 Å². The molecule has 0 saturated heterocycles. The highest BCUT2D eigenvalue weighted by molar-refractivity contribution is 5.35. The maximum atomic E-state index is 10.3. The molecule has 98 valence electrons. The fourth-order valence-electron chi connectivity index (χ4n) is 2.00. The van der Waals surface area contributed by atoms with Crippen molar-refractivity contribution in [1.82, 2.24) is 9.78 Å². The lowest BCUT2D eigenvalue weighted by molar-refractivity contribution is 0.337. The molecule has 0 aromatic carbocycles. The zero-order valence-corrected chi connectivity index (χ0v) is 12.0. The van der Waals surface area contributed by atoms with Crippen molar-refractivity contribution in [3.8, 4) is 5.75 Å². The summed E-state index contributed by atoms with van der Waals surface area (Å²) in [6, 6.07) is 0. The van der Waals surface area contributed by atoms with Gasteiger partial charge in [0.15, 0.2) is 5.75 Å². The van der Waals surface area contributed by atoms with E-state index < -0.39 is 0 Å². The van der Waals surface area contributed by atoms with Crippen molar-refractivity contribution in [3.63, 3.8) is 0 Å². The summed E-state index contributed by atoms with van der Waals surface area (Å²) in [5, 5.41) is 15.0. The Bertz CT molecular complexity index is 374. The molecular formula is C14H26N2O. The average molecular weight is 238 g/mol. The minimum absolute atomic E-state index is 0.0757. The first-order valence-corrected chi connectivity index (χ1v) is 6.64. The first-order valence-electron chi connectivity index (χ1n) is 6.64. The summed E-state index contributed by atoms with van der Waals surface area (Å²) in [7, 11) is 0. The Hall–Kier alpha value is -0.990. The normalized spacial score (nSPS) is 14.0. The van der Waals surface area contributed by atoms with Gasteiger partial charge in [0.25, 0.3) is 0 Å². The van der Waals surface area contributed by atoms with Crippen LogP contribution in [0.1, 0.15) is 71.7 Å². The summed E-state index contributed by atoms with van der Waals surface area (Å²) in [4.78, 5) is 0. The van der Waals surface area contributed by atoms with Crippen LogP contribution in [0.3, 0.4) is 0 Å². The molecule has 1 unspecified atom stereocenters. The van der Waals surface area contributed by atoms with Gasteiger partial charge in [0.05, 0.1) is 11.2 Å². The molecule has 0 amide bonds. The van der Waals surface area contributed by atoms with Gasteiger partial charge in [-0.15, -0.1) is 0 Å². The van der Waals surface area contributed by atoms with Crippen molar-refractivity contribution in [1.29, 1.82) is 0 Å². The van der Waals surface area contributed by atoms with E-state index in [-0.39, 0.29) is 5.54 Å². The first kappa shape index (κ1) is 14.1. The fraction of sp³-hybridized carbons (Fsp3) is 0.786. The number of hydrogen-bond donors (Lipinski definition) is 1. The van der Waals surface area contributed by atoms with Crippen molar-refractivity contribution >= 4 is 0 Å². The van der Waals surface area contributed by atoms with Crippen LogP contribution in [-0.2, 0) is 12.0 Å². The standard InChI is InChI=1S/C14H26N2O/c1-7-9-11-13(17)12(10(3)8-2)15-16(11)14(4,5)6/h10,17H,7-9H2,1-6H3.